The van der Waals surface area contributed by atoms with E-state index in [2.05, 4.69) is 52.0 Å². The Balaban J connectivity index is 1.91. The van der Waals surface area contributed by atoms with Crippen molar-refractivity contribution in [3.8, 4) is 0 Å². The molecule has 3 rings (SSSR count). The summed E-state index contributed by atoms with van der Waals surface area (Å²) >= 11 is 0. The number of carboxylic acids is 2. The second-order valence-electron chi connectivity index (χ2n) is 14.7. The van der Waals surface area contributed by atoms with Gasteiger partial charge in [-0.1, -0.05) is 76.3 Å². The second kappa shape index (κ2) is 12.3. The first kappa shape index (κ1) is 33.5. The van der Waals surface area contributed by atoms with Crippen LogP contribution in [0.2, 0.25) is 0 Å². The number of benzene rings is 1. The molecule has 0 heterocycles. The molecule has 0 radical (unpaired) electrons. The van der Waals surface area contributed by atoms with E-state index in [1.54, 1.807) is 27.7 Å². The van der Waals surface area contributed by atoms with E-state index in [1.165, 1.54) is 0 Å². The summed E-state index contributed by atoms with van der Waals surface area (Å²) < 4.78 is 0. The molecular weight excluding hydrogens is 528 g/mol. The number of allylic oxidation sites excluding steroid dienone is 4. The van der Waals surface area contributed by atoms with Gasteiger partial charge in [0.1, 0.15) is 12.2 Å². The molecule has 0 aliphatic heterocycles. The number of aliphatic hydroxyl groups excluding tert-OH is 2. The quantitative estimate of drug-likeness (QED) is 0.189. The summed E-state index contributed by atoms with van der Waals surface area (Å²) in [7, 11) is 0. The van der Waals surface area contributed by atoms with Crippen molar-refractivity contribution >= 4 is 23.1 Å². The molecule has 0 bridgehead atoms. The van der Waals surface area contributed by atoms with Gasteiger partial charge in [-0.05, 0) is 99.6 Å². The summed E-state index contributed by atoms with van der Waals surface area (Å²) in [5.74, 6) is -1.64. The number of hydrogen-bond donors (Lipinski definition) is 4. The zero-order valence-corrected chi connectivity index (χ0v) is 26.6. The fourth-order valence-corrected chi connectivity index (χ4v) is 6.09. The Hall–Kier alpha value is -2.96. The number of carboxylic acid groups (broad SMARTS) is 2. The van der Waals surface area contributed by atoms with Gasteiger partial charge in [-0.15, -0.1) is 0 Å². The summed E-state index contributed by atoms with van der Waals surface area (Å²) in [6, 6.07) is 7.87. The molecule has 1 aromatic carbocycles. The molecular formula is C36H50O6. The van der Waals surface area contributed by atoms with Crippen LogP contribution in [0.15, 0.2) is 59.7 Å². The van der Waals surface area contributed by atoms with Gasteiger partial charge in [-0.2, -0.15) is 0 Å². The molecule has 0 amide bonds. The standard InChI is InChI=1S/C36H50O6/c1-33(2)19-23(13-11-17-35(5,6)31(39)40)29(37)27(21-33)25-15-9-10-16-26(25)28-22-34(3,4)20-24(30(28)38)14-12-18-36(7,8)32(41)42/h9-10,15-16,19-22,29-30,37-38H,11-14,17-18H2,1-8H3,(H,39,40)(H,41,42). The summed E-state index contributed by atoms with van der Waals surface area (Å²) in [6.45, 7) is 15.3. The Morgan fingerprint density at radius 3 is 1.31 bits per heavy atom. The minimum absolute atomic E-state index is 0.319. The SMILES string of the molecule is CC1(C)C=C(CCCC(C)(C)C(=O)O)C(O)C(c2ccccc2C2=CC(C)(C)C=C(CCCC(C)(C)C(=O)O)C2O)=C1. The fourth-order valence-electron chi connectivity index (χ4n) is 6.09. The Morgan fingerprint density at radius 2 is 1.00 bits per heavy atom. The minimum Gasteiger partial charge on any atom is -0.481 e. The third kappa shape index (κ3) is 7.90. The average molecular weight is 579 g/mol. The van der Waals surface area contributed by atoms with Crippen molar-refractivity contribution in [1.29, 1.82) is 0 Å². The molecule has 0 aromatic heterocycles. The lowest BCUT2D eigenvalue weighted by Crippen LogP contribution is -2.27. The van der Waals surface area contributed by atoms with Gasteiger partial charge < -0.3 is 20.4 Å². The highest BCUT2D eigenvalue weighted by atomic mass is 16.4. The number of carbonyl (C=O) groups is 2. The molecule has 6 nitrogen and oxygen atoms in total. The molecule has 42 heavy (non-hydrogen) atoms. The predicted octanol–water partition coefficient (Wildman–Crippen LogP) is 7.67. The first-order valence-corrected chi connectivity index (χ1v) is 15.1. The molecule has 230 valence electrons. The third-order valence-corrected chi connectivity index (χ3v) is 8.70. The Kier molecular flexibility index (Phi) is 9.85. The van der Waals surface area contributed by atoms with Crippen molar-refractivity contribution in [3.05, 3.63) is 70.8 Å². The molecule has 2 unspecified atom stereocenters. The van der Waals surface area contributed by atoms with Crippen molar-refractivity contribution < 1.29 is 30.0 Å². The van der Waals surface area contributed by atoms with Gasteiger partial charge in [0.05, 0.1) is 10.8 Å². The van der Waals surface area contributed by atoms with Crippen LogP contribution in [0, 0.1) is 21.7 Å². The lowest BCUT2D eigenvalue weighted by molar-refractivity contribution is -0.148. The molecule has 0 spiro atoms. The lowest BCUT2D eigenvalue weighted by Gasteiger charge is -2.34. The van der Waals surface area contributed by atoms with E-state index in [4.69, 9.17) is 0 Å². The maximum atomic E-state index is 11.6. The molecule has 0 fully saturated rings. The van der Waals surface area contributed by atoms with Gasteiger partial charge in [0.2, 0.25) is 0 Å². The van der Waals surface area contributed by atoms with Gasteiger partial charge in [-0.25, -0.2) is 0 Å². The maximum absolute atomic E-state index is 11.6. The van der Waals surface area contributed by atoms with Crippen molar-refractivity contribution in [2.24, 2.45) is 21.7 Å². The largest absolute Gasteiger partial charge is 0.481 e. The molecule has 4 N–H and O–H groups in total. The van der Waals surface area contributed by atoms with Gasteiger partial charge in [-0.3, -0.25) is 9.59 Å². The van der Waals surface area contributed by atoms with Gasteiger partial charge in [0.15, 0.2) is 0 Å². The van der Waals surface area contributed by atoms with Crippen LogP contribution in [0.5, 0.6) is 0 Å². The molecule has 1 aromatic rings. The van der Waals surface area contributed by atoms with E-state index in [1.807, 2.05) is 24.3 Å². The van der Waals surface area contributed by atoms with Gasteiger partial charge in [0, 0.05) is 10.8 Å². The van der Waals surface area contributed by atoms with Gasteiger partial charge >= 0.3 is 11.9 Å². The van der Waals surface area contributed by atoms with Crippen LogP contribution in [0.3, 0.4) is 0 Å². The summed E-state index contributed by atoms with van der Waals surface area (Å²) in [5.41, 5.74) is 2.78. The summed E-state index contributed by atoms with van der Waals surface area (Å²) in [4.78, 5) is 23.2. The van der Waals surface area contributed by atoms with E-state index in [-0.39, 0.29) is 10.8 Å². The van der Waals surface area contributed by atoms with E-state index >= 15 is 0 Å². The van der Waals surface area contributed by atoms with E-state index in [0.717, 1.165) is 33.4 Å². The van der Waals surface area contributed by atoms with Crippen LogP contribution in [-0.2, 0) is 9.59 Å². The molecule has 2 aliphatic rings. The number of aliphatic hydroxyl groups is 2. The average Bonchev–Trinajstić information content (AvgIpc) is 2.87. The molecule has 2 atom stereocenters. The minimum atomic E-state index is -0.838. The first-order chi connectivity index (χ1) is 19.3. The Morgan fingerprint density at radius 1 is 0.667 bits per heavy atom. The zero-order valence-electron chi connectivity index (χ0n) is 26.6. The highest BCUT2D eigenvalue weighted by Crippen LogP contribution is 2.44. The van der Waals surface area contributed by atoms with Gasteiger partial charge in [0.25, 0.3) is 0 Å². The van der Waals surface area contributed by atoms with Crippen LogP contribution in [0.25, 0.3) is 11.1 Å². The van der Waals surface area contributed by atoms with E-state index in [0.29, 0.717) is 38.5 Å². The van der Waals surface area contributed by atoms with Crippen LogP contribution in [0.4, 0.5) is 0 Å². The summed E-state index contributed by atoms with van der Waals surface area (Å²) in [6.07, 6.45) is 10.2. The third-order valence-electron chi connectivity index (χ3n) is 8.70. The van der Waals surface area contributed by atoms with Crippen molar-refractivity contribution in [2.75, 3.05) is 0 Å². The maximum Gasteiger partial charge on any atom is 0.309 e. The number of aliphatic carboxylic acids is 2. The van der Waals surface area contributed by atoms with Crippen molar-refractivity contribution in [2.45, 2.75) is 106 Å². The van der Waals surface area contributed by atoms with Crippen LogP contribution in [-0.4, -0.2) is 44.6 Å². The first-order valence-electron chi connectivity index (χ1n) is 15.1. The Labute approximate surface area is 251 Å². The molecule has 0 saturated carbocycles. The van der Waals surface area contributed by atoms with E-state index in [9.17, 15) is 30.0 Å². The highest BCUT2D eigenvalue weighted by Gasteiger charge is 2.34. The van der Waals surface area contributed by atoms with Crippen LogP contribution in [0.1, 0.15) is 105 Å². The molecule has 6 heteroatoms. The topological polar surface area (TPSA) is 115 Å². The predicted molar refractivity (Wildman–Crippen MR) is 169 cm³/mol. The lowest BCUT2D eigenvalue weighted by atomic mass is 9.72. The van der Waals surface area contributed by atoms with Crippen molar-refractivity contribution in [3.63, 3.8) is 0 Å². The van der Waals surface area contributed by atoms with Crippen LogP contribution >= 0.6 is 0 Å². The molecule has 0 saturated heterocycles. The number of rotatable bonds is 12. The monoisotopic (exact) mass is 578 g/mol. The van der Waals surface area contributed by atoms with Crippen LogP contribution < -0.4 is 0 Å². The highest BCUT2D eigenvalue weighted by molar-refractivity contribution is 5.86. The Bertz CT molecular complexity index is 1220. The van der Waals surface area contributed by atoms with Crippen molar-refractivity contribution in [1.82, 2.24) is 0 Å². The fraction of sp³-hybridized carbons (Fsp3) is 0.556. The second-order valence-corrected chi connectivity index (χ2v) is 14.7. The van der Waals surface area contributed by atoms with E-state index < -0.39 is 35.0 Å². The smallest absolute Gasteiger partial charge is 0.309 e. The normalized spacial score (nSPS) is 22.0. The number of hydrogen-bond acceptors (Lipinski definition) is 4. The summed E-state index contributed by atoms with van der Waals surface area (Å²) in [5, 5.41) is 42.3. The molecule has 2 aliphatic carbocycles. The zero-order chi connectivity index (χ0) is 31.7.